The zero-order valence-corrected chi connectivity index (χ0v) is 10.1. The number of hydrogen-bond acceptors (Lipinski definition) is 4. The fourth-order valence-corrected chi connectivity index (χ4v) is 1.78. The molecule has 0 spiro atoms. The van der Waals surface area contributed by atoms with Crippen LogP contribution in [0.3, 0.4) is 0 Å². The predicted molar refractivity (Wildman–Crippen MR) is 64.2 cm³/mol. The number of hydrogen-bond donors (Lipinski definition) is 1. The molecule has 1 N–H and O–H groups in total. The van der Waals surface area contributed by atoms with E-state index >= 15 is 0 Å². The summed E-state index contributed by atoms with van der Waals surface area (Å²) in [6.07, 6.45) is 3.81. The van der Waals surface area contributed by atoms with Crippen LogP contribution in [-0.2, 0) is 0 Å². The van der Waals surface area contributed by atoms with Gasteiger partial charge in [0, 0.05) is 18.8 Å². The number of carboxylic acid groups (broad SMARTS) is 1. The molecular formula is C12H17N3O2. The first kappa shape index (κ1) is 11.8. The van der Waals surface area contributed by atoms with Crippen molar-refractivity contribution in [2.24, 2.45) is 5.92 Å². The smallest absolute Gasteiger partial charge is 0.354 e. The fraction of sp³-hybridized carbons (Fsp3) is 0.583. The third-order valence-electron chi connectivity index (χ3n) is 2.67. The molecule has 1 fully saturated rings. The van der Waals surface area contributed by atoms with Crippen molar-refractivity contribution >= 4 is 11.9 Å². The summed E-state index contributed by atoms with van der Waals surface area (Å²) in [6, 6.07) is 1.91. The molecule has 1 aromatic rings. The molecule has 0 amide bonds. The fourth-order valence-electron chi connectivity index (χ4n) is 1.78. The van der Waals surface area contributed by atoms with Gasteiger partial charge in [-0.2, -0.15) is 0 Å². The van der Waals surface area contributed by atoms with E-state index in [2.05, 4.69) is 28.7 Å². The molecule has 17 heavy (non-hydrogen) atoms. The molecular weight excluding hydrogens is 218 g/mol. The SMILES string of the molecule is CC(C)CN(c1nccc(C(=O)O)n1)C1CC1. The first-order chi connectivity index (χ1) is 8.08. The monoisotopic (exact) mass is 235 g/mol. The van der Waals surface area contributed by atoms with Crippen LogP contribution in [-0.4, -0.2) is 33.6 Å². The van der Waals surface area contributed by atoms with Crippen LogP contribution in [0.4, 0.5) is 5.95 Å². The maximum atomic E-state index is 10.9. The molecule has 0 atom stereocenters. The maximum absolute atomic E-state index is 10.9. The highest BCUT2D eigenvalue weighted by atomic mass is 16.4. The number of nitrogens with zero attached hydrogens (tertiary/aromatic N) is 3. The Morgan fingerprint density at radius 2 is 2.29 bits per heavy atom. The van der Waals surface area contributed by atoms with Crippen molar-refractivity contribution in [3.05, 3.63) is 18.0 Å². The molecule has 0 radical (unpaired) electrons. The molecule has 0 bridgehead atoms. The minimum Gasteiger partial charge on any atom is -0.477 e. The molecule has 5 heteroatoms. The normalized spacial score (nSPS) is 15.0. The van der Waals surface area contributed by atoms with Crippen molar-refractivity contribution < 1.29 is 9.90 Å². The standard InChI is InChI=1S/C12H17N3O2/c1-8(2)7-15(9-3-4-9)12-13-6-5-10(14-12)11(16)17/h5-6,8-9H,3-4,7H2,1-2H3,(H,16,17). The molecule has 0 saturated heterocycles. The van der Waals surface area contributed by atoms with Crippen molar-refractivity contribution in [1.82, 2.24) is 9.97 Å². The number of rotatable bonds is 5. The summed E-state index contributed by atoms with van der Waals surface area (Å²) >= 11 is 0. The highest BCUT2D eigenvalue weighted by Gasteiger charge is 2.31. The van der Waals surface area contributed by atoms with E-state index in [0.29, 0.717) is 17.9 Å². The Hall–Kier alpha value is -1.65. The van der Waals surface area contributed by atoms with Crippen molar-refractivity contribution in [3.63, 3.8) is 0 Å². The second-order valence-corrected chi connectivity index (χ2v) is 4.82. The molecule has 0 unspecified atom stereocenters. The van der Waals surface area contributed by atoms with Crippen LogP contribution in [0.15, 0.2) is 12.3 Å². The number of carbonyl (C=O) groups is 1. The third kappa shape index (κ3) is 2.93. The van der Waals surface area contributed by atoms with E-state index in [9.17, 15) is 4.79 Å². The van der Waals surface area contributed by atoms with Crippen molar-refractivity contribution in [2.45, 2.75) is 32.7 Å². The highest BCUT2D eigenvalue weighted by Crippen LogP contribution is 2.30. The summed E-state index contributed by atoms with van der Waals surface area (Å²) in [5.41, 5.74) is 0.0596. The number of aromatic nitrogens is 2. The van der Waals surface area contributed by atoms with Gasteiger partial charge in [0.05, 0.1) is 0 Å². The average molecular weight is 235 g/mol. The highest BCUT2D eigenvalue weighted by molar-refractivity contribution is 5.85. The van der Waals surface area contributed by atoms with Crippen molar-refractivity contribution in [2.75, 3.05) is 11.4 Å². The molecule has 1 aliphatic carbocycles. The van der Waals surface area contributed by atoms with Gasteiger partial charge in [0.1, 0.15) is 0 Å². The van der Waals surface area contributed by atoms with E-state index in [1.165, 1.54) is 12.3 Å². The Kier molecular flexibility index (Phi) is 3.26. The summed E-state index contributed by atoms with van der Waals surface area (Å²) in [4.78, 5) is 21.3. The Labute approximate surface area is 100 Å². The predicted octanol–water partition coefficient (Wildman–Crippen LogP) is 1.80. The van der Waals surface area contributed by atoms with Gasteiger partial charge >= 0.3 is 5.97 Å². The van der Waals surface area contributed by atoms with Gasteiger partial charge in [-0.15, -0.1) is 0 Å². The second kappa shape index (κ2) is 4.69. The van der Waals surface area contributed by atoms with Gasteiger partial charge in [-0.3, -0.25) is 0 Å². The Balaban J connectivity index is 2.22. The van der Waals surface area contributed by atoms with Crippen molar-refractivity contribution in [1.29, 1.82) is 0 Å². The van der Waals surface area contributed by atoms with Gasteiger partial charge in [-0.25, -0.2) is 14.8 Å². The molecule has 1 aliphatic rings. The van der Waals surface area contributed by atoms with E-state index in [1.54, 1.807) is 0 Å². The number of aromatic carboxylic acids is 1. The summed E-state index contributed by atoms with van der Waals surface area (Å²) in [7, 11) is 0. The van der Waals surface area contributed by atoms with Gasteiger partial charge < -0.3 is 10.0 Å². The lowest BCUT2D eigenvalue weighted by Gasteiger charge is -2.24. The first-order valence-corrected chi connectivity index (χ1v) is 5.91. The number of anilines is 1. The molecule has 0 aromatic carbocycles. The maximum Gasteiger partial charge on any atom is 0.354 e. The third-order valence-corrected chi connectivity index (χ3v) is 2.67. The second-order valence-electron chi connectivity index (χ2n) is 4.82. The quantitative estimate of drug-likeness (QED) is 0.843. The van der Waals surface area contributed by atoms with Crippen LogP contribution in [0.1, 0.15) is 37.2 Å². The zero-order chi connectivity index (χ0) is 12.4. The Morgan fingerprint density at radius 1 is 1.59 bits per heavy atom. The lowest BCUT2D eigenvalue weighted by Crippen LogP contribution is -2.31. The van der Waals surface area contributed by atoms with Gasteiger partial charge in [-0.1, -0.05) is 13.8 Å². The Bertz CT molecular complexity index is 416. The minimum absolute atomic E-state index is 0.0596. The first-order valence-electron chi connectivity index (χ1n) is 5.91. The van der Waals surface area contributed by atoms with E-state index in [-0.39, 0.29) is 5.69 Å². The van der Waals surface area contributed by atoms with Gasteiger partial charge in [-0.05, 0) is 24.8 Å². The largest absolute Gasteiger partial charge is 0.477 e. The zero-order valence-electron chi connectivity index (χ0n) is 10.1. The lowest BCUT2D eigenvalue weighted by atomic mass is 10.2. The van der Waals surface area contributed by atoms with E-state index in [1.807, 2.05) is 0 Å². The summed E-state index contributed by atoms with van der Waals surface area (Å²) in [5.74, 6) is 0.0442. The molecule has 1 aromatic heterocycles. The minimum atomic E-state index is -1.01. The molecule has 1 saturated carbocycles. The topological polar surface area (TPSA) is 66.3 Å². The van der Waals surface area contributed by atoms with E-state index in [4.69, 9.17) is 5.11 Å². The van der Waals surface area contributed by atoms with Crippen LogP contribution in [0.25, 0.3) is 0 Å². The summed E-state index contributed by atoms with van der Waals surface area (Å²) < 4.78 is 0. The van der Waals surface area contributed by atoms with E-state index in [0.717, 1.165) is 19.4 Å². The average Bonchev–Trinajstić information content (AvgIpc) is 3.09. The van der Waals surface area contributed by atoms with Crippen LogP contribution in [0, 0.1) is 5.92 Å². The molecule has 1 heterocycles. The lowest BCUT2D eigenvalue weighted by molar-refractivity contribution is 0.0690. The van der Waals surface area contributed by atoms with Gasteiger partial charge in [0.15, 0.2) is 5.69 Å². The molecule has 92 valence electrons. The summed E-state index contributed by atoms with van der Waals surface area (Å²) in [6.45, 7) is 5.14. The van der Waals surface area contributed by atoms with Crippen LogP contribution < -0.4 is 4.90 Å². The van der Waals surface area contributed by atoms with Gasteiger partial charge in [0.2, 0.25) is 5.95 Å². The molecule has 0 aliphatic heterocycles. The van der Waals surface area contributed by atoms with Gasteiger partial charge in [0.25, 0.3) is 0 Å². The van der Waals surface area contributed by atoms with Crippen LogP contribution in [0.5, 0.6) is 0 Å². The van der Waals surface area contributed by atoms with Crippen LogP contribution in [0.2, 0.25) is 0 Å². The van der Waals surface area contributed by atoms with Crippen LogP contribution >= 0.6 is 0 Å². The van der Waals surface area contributed by atoms with Crippen molar-refractivity contribution in [3.8, 4) is 0 Å². The Morgan fingerprint density at radius 3 is 2.82 bits per heavy atom. The molecule has 2 rings (SSSR count). The van der Waals surface area contributed by atoms with E-state index < -0.39 is 5.97 Å². The summed E-state index contributed by atoms with van der Waals surface area (Å²) in [5, 5.41) is 8.92. The number of carboxylic acids is 1. The molecule has 5 nitrogen and oxygen atoms in total.